The maximum atomic E-state index is 12.8. The molecule has 3 rings (SSSR count). The van der Waals surface area contributed by atoms with Crippen molar-refractivity contribution in [2.75, 3.05) is 18.4 Å². The molecule has 1 aliphatic heterocycles. The van der Waals surface area contributed by atoms with Crippen LogP contribution in [0.5, 0.6) is 0 Å². The Morgan fingerprint density at radius 1 is 1.19 bits per heavy atom. The number of thiazole rings is 1. The van der Waals surface area contributed by atoms with Crippen LogP contribution in [-0.4, -0.2) is 53.0 Å². The number of carbonyl (C=O) groups excluding carboxylic acids is 2. The van der Waals surface area contributed by atoms with E-state index in [0.29, 0.717) is 5.13 Å². The molecule has 31 heavy (non-hydrogen) atoms. The van der Waals surface area contributed by atoms with Crippen LogP contribution in [0.3, 0.4) is 0 Å². The largest absolute Gasteiger partial charge is 0.373 e. The summed E-state index contributed by atoms with van der Waals surface area (Å²) in [7, 11) is 0. The van der Waals surface area contributed by atoms with Gasteiger partial charge in [0.15, 0.2) is 5.13 Å². The lowest BCUT2D eigenvalue weighted by molar-refractivity contribution is -0.127. The fourth-order valence-corrected chi connectivity index (χ4v) is 4.51. The highest BCUT2D eigenvalue weighted by atomic mass is 32.1. The number of anilines is 1. The van der Waals surface area contributed by atoms with Crippen LogP contribution in [0.4, 0.5) is 5.13 Å². The van der Waals surface area contributed by atoms with E-state index >= 15 is 0 Å². The number of nitrogens with zero attached hydrogens (tertiary/aromatic N) is 2. The summed E-state index contributed by atoms with van der Waals surface area (Å²) in [6, 6.07) is 8.88. The maximum Gasteiger partial charge on any atom is 0.248 e. The first kappa shape index (κ1) is 23.4. The van der Waals surface area contributed by atoms with Gasteiger partial charge < -0.3 is 15.4 Å². The first-order valence-corrected chi connectivity index (χ1v) is 11.6. The Balaban J connectivity index is 1.55. The van der Waals surface area contributed by atoms with Crippen LogP contribution < -0.4 is 10.6 Å². The van der Waals surface area contributed by atoms with E-state index < -0.39 is 6.04 Å². The van der Waals surface area contributed by atoms with Crippen molar-refractivity contribution < 1.29 is 14.3 Å². The SMILES string of the molecule is CC(C)[C@@H](NC(=O)Cc1ccccc1)C(=O)Nc1nc(CN2C[C@@H](C)O[C@@H](C)C2)cs1. The summed E-state index contributed by atoms with van der Waals surface area (Å²) in [6.07, 6.45) is 0.649. The molecule has 1 aromatic carbocycles. The van der Waals surface area contributed by atoms with E-state index in [1.807, 2.05) is 49.6 Å². The molecule has 1 saturated heterocycles. The summed E-state index contributed by atoms with van der Waals surface area (Å²) in [5.74, 6) is -0.461. The van der Waals surface area contributed by atoms with Crippen molar-refractivity contribution >= 4 is 28.3 Å². The molecular weight excluding hydrogens is 412 g/mol. The van der Waals surface area contributed by atoms with Crippen LogP contribution in [0.2, 0.25) is 0 Å². The number of nitrogens with one attached hydrogen (secondary N) is 2. The summed E-state index contributed by atoms with van der Waals surface area (Å²) in [5, 5.41) is 8.27. The van der Waals surface area contributed by atoms with Crippen molar-refractivity contribution in [3.63, 3.8) is 0 Å². The molecule has 0 spiro atoms. The molecule has 3 atom stereocenters. The third kappa shape index (κ3) is 7.12. The second-order valence-electron chi connectivity index (χ2n) is 8.54. The van der Waals surface area contributed by atoms with E-state index in [1.165, 1.54) is 11.3 Å². The second-order valence-corrected chi connectivity index (χ2v) is 9.39. The zero-order valence-electron chi connectivity index (χ0n) is 18.6. The number of aromatic nitrogens is 1. The van der Waals surface area contributed by atoms with Crippen LogP contribution in [-0.2, 0) is 27.3 Å². The van der Waals surface area contributed by atoms with E-state index in [2.05, 4.69) is 34.4 Å². The van der Waals surface area contributed by atoms with Crippen LogP contribution in [0.1, 0.15) is 39.0 Å². The van der Waals surface area contributed by atoms with Gasteiger partial charge in [-0.15, -0.1) is 11.3 Å². The van der Waals surface area contributed by atoms with Crippen LogP contribution in [0.15, 0.2) is 35.7 Å². The van der Waals surface area contributed by atoms with E-state index in [4.69, 9.17) is 4.74 Å². The average Bonchev–Trinajstić information content (AvgIpc) is 3.12. The molecule has 1 aliphatic rings. The van der Waals surface area contributed by atoms with E-state index in [9.17, 15) is 9.59 Å². The van der Waals surface area contributed by atoms with Crippen LogP contribution in [0.25, 0.3) is 0 Å². The van der Waals surface area contributed by atoms with E-state index in [-0.39, 0.29) is 36.4 Å². The molecule has 0 aliphatic carbocycles. The van der Waals surface area contributed by atoms with Gasteiger partial charge in [-0.1, -0.05) is 44.2 Å². The predicted molar refractivity (Wildman–Crippen MR) is 123 cm³/mol. The van der Waals surface area contributed by atoms with Gasteiger partial charge >= 0.3 is 0 Å². The topological polar surface area (TPSA) is 83.6 Å². The molecular formula is C23H32N4O3S. The maximum absolute atomic E-state index is 12.8. The molecule has 0 saturated carbocycles. The Bertz CT molecular complexity index is 861. The Labute approximate surface area is 188 Å². The summed E-state index contributed by atoms with van der Waals surface area (Å²) < 4.78 is 5.78. The number of amides is 2. The standard InChI is InChI=1S/C23H32N4O3S/c1-15(2)21(25-20(28)10-18-8-6-5-7-9-18)22(29)26-23-24-19(14-31-23)13-27-11-16(3)30-17(4)12-27/h5-9,14-17,21H,10-13H2,1-4H3,(H,25,28)(H,24,26,29)/t16-,17+,21-/m1/s1. The molecule has 168 valence electrons. The summed E-state index contributed by atoms with van der Waals surface area (Å²) in [6.45, 7) is 10.5. The monoisotopic (exact) mass is 444 g/mol. The van der Waals surface area contributed by atoms with Gasteiger partial charge in [0, 0.05) is 25.0 Å². The number of rotatable bonds is 8. The fourth-order valence-electron chi connectivity index (χ4n) is 3.80. The molecule has 0 radical (unpaired) electrons. The number of morpholine rings is 1. The van der Waals surface area contributed by atoms with Crippen LogP contribution in [0, 0.1) is 5.92 Å². The molecule has 1 aromatic heterocycles. The van der Waals surface area contributed by atoms with Gasteiger partial charge in [-0.2, -0.15) is 0 Å². The van der Waals surface area contributed by atoms with Gasteiger partial charge in [0.25, 0.3) is 0 Å². The minimum Gasteiger partial charge on any atom is -0.373 e. The van der Waals surface area contributed by atoms with E-state index in [1.54, 1.807) is 0 Å². The normalized spacial score (nSPS) is 20.4. The lowest BCUT2D eigenvalue weighted by atomic mass is 10.0. The lowest BCUT2D eigenvalue weighted by Crippen LogP contribution is -2.47. The van der Waals surface area contributed by atoms with Crippen LogP contribution >= 0.6 is 11.3 Å². The number of benzene rings is 1. The van der Waals surface area contributed by atoms with Gasteiger partial charge in [-0.25, -0.2) is 4.98 Å². The fraction of sp³-hybridized carbons (Fsp3) is 0.522. The first-order chi connectivity index (χ1) is 14.8. The molecule has 2 amide bonds. The number of carbonyl (C=O) groups is 2. The minimum absolute atomic E-state index is 0.0459. The zero-order valence-corrected chi connectivity index (χ0v) is 19.4. The lowest BCUT2D eigenvalue weighted by Gasteiger charge is -2.34. The highest BCUT2D eigenvalue weighted by molar-refractivity contribution is 7.13. The summed E-state index contributed by atoms with van der Waals surface area (Å²) in [5.41, 5.74) is 1.84. The molecule has 2 aromatic rings. The smallest absolute Gasteiger partial charge is 0.248 e. The van der Waals surface area contributed by atoms with Gasteiger partial charge in [-0.3, -0.25) is 14.5 Å². The number of hydrogen-bond donors (Lipinski definition) is 2. The molecule has 2 N–H and O–H groups in total. The second kappa shape index (κ2) is 10.8. The van der Waals surface area contributed by atoms with Gasteiger partial charge in [0.2, 0.25) is 11.8 Å². The molecule has 0 unspecified atom stereocenters. The van der Waals surface area contributed by atoms with Gasteiger partial charge in [0.05, 0.1) is 24.3 Å². The number of ether oxygens (including phenoxy) is 1. The van der Waals surface area contributed by atoms with Crippen molar-refractivity contribution in [3.05, 3.63) is 47.0 Å². The van der Waals surface area contributed by atoms with Gasteiger partial charge in [0.1, 0.15) is 6.04 Å². The zero-order chi connectivity index (χ0) is 22.4. The molecule has 1 fully saturated rings. The third-order valence-electron chi connectivity index (χ3n) is 5.14. The summed E-state index contributed by atoms with van der Waals surface area (Å²) >= 11 is 1.41. The van der Waals surface area contributed by atoms with Crippen molar-refractivity contribution in [2.45, 2.75) is 58.9 Å². The molecule has 2 heterocycles. The first-order valence-electron chi connectivity index (χ1n) is 10.8. The minimum atomic E-state index is -0.621. The van der Waals surface area contributed by atoms with Crippen molar-refractivity contribution in [1.29, 1.82) is 0 Å². The molecule has 0 bridgehead atoms. The quantitative estimate of drug-likeness (QED) is 0.654. The Hall–Kier alpha value is -2.29. The number of hydrogen-bond acceptors (Lipinski definition) is 6. The average molecular weight is 445 g/mol. The third-order valence-corrected chi connectivity index (χ3v) is 5.94. The van der Waals surface area contributed by atoms with Gasteiger partial charge in [-0.05, 0) is 25.3 Å². The summed E-state index contributed by atoms with van der Waals surface area (Å²) in [4.78, 5) is 32.2. The Morgan fingerprint density at radius 2 is 1.87 bits per heavy atom. The Kier molecular flexibility index (Phi) is 8.17. The van der Waals surface area contributed by atoms with Crippen molar-refractivity contribution in [2.24, 2.45) is 5.92 Å². The van der Waals surface area contributed by atoms with E-state index in [0.717, 1.165) is 30.9 Å². The highest BCUT2D eigenvalue weighted by Crippen LogP contribution is 2.20. The molecule has 7 nitrogen and oxygen atoms in total. The van der Waals surface area contributed by atoms with Crippen molar-refractivity contribution in [3.8, 4) is 0 Å². The Morgan fingerprint density at radius 3 is 2.52 bits per heavy atom. The highest BCUT2D eigenvalue weighted by Gasteiger charge is 2.26. The molecule has 8 heteroatoms. The van der Waals surface area contributed by atoms with Crippen molar-refractivity contribution in [1.82, 2.24) is 15.2 Å². The predicted octanol–water partition coefficient (Wildman–Crippen LogP) is 3.07.